The summed E-state index contributed by atoms with van der Waals surface area (Å²) >= 11 is 0. The lowest BCUT2D eigenvalue weighted by Crippen LogP contribution is -2.36. The largest absolute Gasteiger partial charge is 0.497 e. The molecule has 2 rings (SSSR count). The molecule has 8 heteroatoms. The predicted molar refractivity (Wildman–Crippen MR) is 120 cm³/mol. The highest BCUT2D eigenvalue weighted by Gasteiger charge is 2.07. The third-order valence-corrected chi connectivity index (χ3v) is 4.26. The Morgan fingerprint density at radius 2 is 1.70 bits per heavy atom. The van der Waals surface area contributed by atoms with Crippen LogP contribution in [0, 0.1) is 0 Å². The normalized spacial score (nSPS) is 11.1. The van der Waals surface area contributed by atoms with Gasteiger partial charge in [0.1, 0.15) is 11.5 Å². The molecule has 0 aliphatic carbocycles. The van der Waals surface area contributed by atoms with Crippen molar-refractivity contribution in [3.8, 4) is 11.5 Å². The van der Waals surface area contributed by atoms with Crippen LogP contribution in [0.1, 0.15) is 25.0 Å². The van der Waals surface area contributed by atoms with Gasteiger partial charge >= 0.3 is 6.03 Å². The van der Waals surface area contributed by atoms with Crippen molar-refractivity contribution in [2.75, 3.05) is 26.6 Å². The second kappa shape index (κ2) is 11.5. The summed E-state index contributed by atoms with van der Waals surface area (Å²) in [5.41, 5.74) is 2.80. The van der Waals surface area contributed by atoms with Crippen molar-refractivity contribution in [3.63, 3.8) is 0 Å². The maximum absolute atomic E-state index is 11.8. The number of hydrogen-bond acceptors (Lipinski definition) is 4. The van der Waals surface area contributed by atoms with Crippen LogP contribution in [0.3, 0.4) is 0 Å². The van der Waals surface area contributed by atoms with Gasteiger partial charge in [-0.1, -0.05) is 12.1 Å². The van der Waals surface area contributed by atoms with Gasteiger partial charge in [0, 0.05) is 43.5 Å². The first-order valence-electron chi connectivity index (χ1n) is 9.77. The van der Waals surface area contributed by atoms with E-state index in [4.69, 9.17) is 9.47 Å². The number of ether oxygens (including phenoxy) is 2. The lowest BCUT2D eigenvalue weighted by molar-refractivity contribution is 0.250. The molecule has 0 saturated heterocycles. The Balaban J connectivity index is 1.86. The number of benzene rings is 2. The minimum atomic E-state index is -0.213. The van der Waals surface area contributed by atoms with Gasteiger partial charge in [0.05, 0.1) is 14.2 Å². The first kappa shape index (κ1) is 22.9. The Kier molecular flexibility index (Phi) is 8.80. The number of anilines is 1. The minimum absolute atomic E-state index is 0.0885. The molecule has 30 heavy (non-hydrogen) atoms. The number of carbonyl (C=O) groups is 1. The standard InChI is InChI=1S/C22H31N5O3/c1-15(2)26-22(28)27-18-9-6-16(7-10-18)13-24-21(23-3)25-14-17-8-11-19(29-4)12-20(17)30-5/h6-12,15H,13-14H2,1-5H3,(H2,23,24,25)(H2,26,27,28). The number of aliphatic imine (C=N–C) groups is 1. The molecule has 0 fully saturated rings. The number of amides is 2. The smallest absolute Gasteiger partial charge is 0.319 e. The Morgan fingerprint density at radius 1 is 1.00 bits per heavy atom. The molecular formula is C22H31N5O3. The lowest BCUT2D eigenvalue weighted by Gasteiger charge is -2.15. The topological polar surface area (TPSA) is 96.0 Å². The monoisotopic (exact) mass is 413 g/mol. The fourth-order valence-electron chi connectivity index (χ4n) is 2.72. The Labute approximate surface area is 178 Å². The Hall–Kier alpha value is -3.42. The van der Waals surface area contributed by atoms with Gasteiger partial charge in [-0.2, -0.15) is 0 Å². The van der Waals surface area contributed by atoms with Gasteiger partial charge in [-0.15, -0.1) is 0 Å². The predicted octanol–water partition coefficient (Wildman–Crippen LogP) is 3.10. The van der Waals surface area contributed by atoms with E-state index in [0.29, 0.717) is 19.0 Å². The first-order chi connectivity index (χ1) is 14.4. The van der Waals surface area contributed by atoms with Gasteiger partial charge in [0.2, 0.25) is 0 Å². The molecule has 0 aliphatic heterocycles. The average Bonchev–Trinajstić information content (AvgIpc) is 2.74. The summed E-state index contributed by atoms with van der Waals surface area (Å²) in [6, 6.07) is 13.2. The van der Waals surface area contributed by atoms with Crippen LogP contribution in [0.2, 0.25) is 0 Å². The molecular weight excluding hydrogens is 382 g/mol. The van der Waals surface area contributed by atoms with Gasteiger partial charge < -0.3 is 30.7 Å². The molecule has 0 aliphatic rings. The summed E-state index contributed by atoms with van der Waals surface area (Å²) < 4.78 is 10.7. The lowest BCUT2D eigenvalue weighted by atomic mass is 10.2. The summed E-state index contributed by atoms with van der Waals surface area (Å²) in [5.74, 6) is 2.17. The highest BCUT2D eigenvalue weighted by molar-refractivity contribution is 5.89. The van der Waals surface area contributed by atoms with Crippen LogP contribution in [0.25, 0.3) is 0 Å². The van der Waals surface area contributed by atoms with Crippen molar-refractivity contribution < 1.29 is 14.3 Å². The van der Waals surface area contributed by atoms with E-state index in [2.05, 4.69) is 26.3 Å². The molecule has 2 aromatic carbocycles. The van der Waals surface area contributed by atoms with Gasteiger partial charge in [-0.3, -0.25) is 4.99 Å². The van der Waals surface area contributed by atoms with E-state index in [1.807, 2.05) is 56.3 Å². The quantitative estimate of drug-likeness (QED) is 0.394. The van der Waals surface area contributed by atoms with Crippen LogP contribution < -0.4 is 30.7 Å². The van der Waals surface area contributed by atoms with Gasteiger partial charge in [-0.25, -0.2) is 4.79 Å². The van der Waals surface area contributed by atoms with E-state index < -0.39 is 0 Å². The zero-order valence-corrected chi connectivity index (χ0v) is 18.2. The third-order valence-electron chi connectivity index (χ3n) is 4.26. The van der Waals surface area contributed by atoms with E-state index >= 15 is 0 Å². The second-order valence-electron chi connectivity index (χ2n) is 6.91. The number of urea groups is 1. The maximum Gasteiger partial charge on any atom is 0.319 e. The number of nitrogens with zero attached hydrogens (tertiary/aromatic N) is 1. The van der Waals surface area contributed by atoms with Gasteiger partial charge in [0.25, 0.3) is 0 Å². The third kappa shape index (κ3) is 7.20. The van der Waals surface area contributed by atoms with Crippen LogP contribution in [0.4, 0.5) is 10.5 Å². The van der Waals surface area contributed by atoms with Crippen LogP contribution in [-0.2, 0) is 13.1 Å². The zero-order chi connectivity index (χ0) is 21.9. The molecule has 0 atom stereocenters. The fourth-order valence-corrected chi connectivity index (χ4v) is 2.72. The molecule has 4 N–H and O–H groups in total. The highest BCUT2D eigenvalue weighted by Crippen LogP contribution is 2.24. The van der Waals surface area contributed by atoms with Crippen molar-refractivity contribution in [1.82, 2.24) is 16.0 Å². The van der Waals surface area contributed by atoms with Crippen LogP contribution in [0.5, 0.6) is 11.5 Å². The van der Waals surface area contributed by atoms with Gasteiger partial charge in [-0.05, 0) is 43.7 Å². The molecule has 2 aromatic rings. The summed E-state index contributed by atoms with van der Waals surface area (Å²) in [6.07, 6.45) is 0. The van der Waals surface area contributed by atoms with E-state index in [9.17, 15) is 4.79 Å². The first-order valence-corrected chi connectivity index (χ1v) is 9.77. The average molecular weight is 414 g/mol. The fraction of sp³-hybridized carbons (Fsp3) is 0.364. The van der Waals surface area contributed by atoms with Crippen molar-refractivity contribution in [2.24, 2.45) is 4.99 Å². The molecule has 162 valence electrons. The molecule has 0 unspecified atom stereocenters. The summed E-state index contributed by atoms with van der Waals surface area (Å²) in [4.78, 5) is 16.0. The van der Waals surface area contributed by atoms with E-state index in [0.717, 1.165) is 28.3 Å². The highest BCUT2D eigenvalue weighted by atomic mass is 16.5. The molecule has 0 saturated carbocycles. The number of nitrogens with one attached hydrogen (secondary N) is 4. The van der Waals surface area contributed by atoms with E-state index in [1.54, 1.807) is 21.3 Å². The molecule has 0 radical (unpaired) electrons. The molecule has 8 nitrogen and oxygen atoms in total. The maximum atomic E-state index is 11.8. The van der Waals surface area contributed by atoms with Crippen molar-refractivity contribution in [3.05, 3.63) is 53.6 Å². The molecule has 0 bridgehead atoms. The number of guanidine groups is 1. The minimum Gasteiger partial charge on any atom is -0.497 e. The van der Waals surface area contributed by atoms with E-state index in [-0.39, 0.29) is 12.1 Å². The SMILES string of the molecule is CN=C(NCc1ccc(NC(=O)NC(C)C)cc1)NCc1ccc(OC)cc1OC. The molecule has 0 heterocycles. The Morgan fingerprint density at radius 3 is 2.30 bits per heavy atom. The number of rotatable bonds is 8. The van der Waals surface area contributed by atoms with Crippen LogP contribution in [0.15, 0.2) is 47.5 Å². The van der Waals surface area contributed by atoms with Crippen LogP contribution >= 0.6 is 0 Å². The van der Waals surface area contributed by atoms with Crippen molar-refractivity contribution in [1.29, 1.82) is 0 Å². The number of hydrogen-bond donors (Lipinski definition) is 4. The Bertz CT molecular complexity index is 850. The summed E-state index contributed by atoms with van der Waals surface area (Å²) in [6.45, 7) is 4.98. The zero-order valence-electron chi connectivity index (χ0n) is 18.2. The van der Waals surface area contributed by atoms with E-state index in [1.165, 1.54) is 0 Å². The molecule has 0 spiro atoms. The van der Waals surface area contributed by atoms with Gasteiger partial charge in [0.15, 0.2) is 5.96 Å². The summed E-state index contributed by atoms with van der Waals surface area (Å²) in [7, 11) is 4.98. The van der Waals surface area contributed by atoms with Crippen molar-refractivity contribution in [2.45, 2.75) is 33.0 Å². The molecule has 0 aromatic heterocycles. The summed E-state index contributed by atoms with van der Waals surface area (Å²) in [5, 5.41) is 12.2. The molecule has 2 amide bonds. The second-order valence-corrected chi connectivity index (χ2v) is 6.91. The van der Waals surface area contributed by atoms with Crippen molar-refractivity contribution >= 4 is 17.7 Å². The van der Waals surface area contributed by atoms with Crippen LogP contribution in [-0.4, -0.2) is 39.3 Å². The number of carbonyl (C=O) groups excluding carboxylic acids is 1. The number of methoxy groups -OCH3 is 2.